The minimum absolute atomic E-state index is 0.0564. The summed E-state index contributed by atoms with van der Waals surface area (Å²) >= 11 is 0. The topological polar surface area (TPSA) is 94.8 Å². The second-order valence-electron chi connectivity index (χ2n) is 13.0. The highest BCUT2D eigenvalue weighted by Gasteiger charge is 2.64. The molecule has 0 aliphatic heterocycles. The molecule has 0 amide bonds. The second-order valence-corrected chi connectivity index (χ2v) is 13.0. The third-order valence-electron chi connectivity index (χ3n) is 10.6. The number of rotatable bonds is 6. The molecule has 3 N–H and O–H groups in total. The van der Waals surface area contributed by atoms with Crippen LogP contribution in [0.1, 0.15) is 92.4 Å². The lowest BCUT2D eigenvalue weighted by Crippen LogP contribution is -2.57. The van der Waals surface area contributed by atoms with Gasteiger partial charge in [-0.2, -0.15) is 0 Å². The number of carbonyl (C=O) groups is 2. The first kappa shape index (κ1) is 24.9. The number of carboxylic acid groups (broad SMARTS) is 1. The Hall–Kier alpha value is -1.20. The van der Waals surface area contributed by atoms with Gasteiger partial charge in [0.05, 0.1) is 17.6 Å². The summed E-state index contributed by atoms with van der Waals surface area (Å²) in [7, 11) is 0. The Balaban J connectivity index is 1.59. The molecule has 5 nitrogen and oxygen atoms in total. The third kappa shape index (κ3) is 4.11. The van der Waals surface area contributed by atoms with Crippen LogP contribution < -0.4 is 0 Å². The van der Waals surface area contributed by atoms with Crippen LogP contribution in [0.25, 0.3) is 0 Å². The van der Waals surface area contributed by atoms with Gasteiger partial charge in [0.25, 0.3) is 0 Å². The molecule has 0 aromatic rings. The van der Waals surface area contributed by atoms with Crippen molar-refractivity contribution in [2.24, 2.45) is 46.3 Å². The van der Waals surface area contributed by atoms with Gasteiger partial charge in [-0.3, -0.25) is 9.59 Å². The van der Waals surface area contributed by atoms with Crippen molar-refractivity contribution in [1.82, 2.24) is 0 Å². The highest BCUT2D eigenvalue weighted by molar-refractivity contribution is 5.95. The van der Waals surface area contributed by atoms with Crippen LogP contribution in [0.5, 0.6) is 0 Å². The predicted molar refractivity (Wildman–Crippen MR) is 127 cm³/mol. The molecule has 1 unspecified atom stereocenters. The fourth-order valence-electron chi connectivity index (χ4n) is 8.88. The van der Waals surface area contributed by atoms with E-state index in [1.807, 2.05) is 13.8 Å². The molecule has 9 atom stereocenters. The van der Waals surface area contributed by atoms with E-state index in [1.54, 1.807) is 6.08 Å². The molecule has 0 heterocycles. The van der Waals surface area contributed by atoms with Gasteiger partial charge in [-0.1, -0.05) is 39.2 Å². The highest BCUT2D eigenvalue weighted by Crippen LogP contribution is 2.67. The Morgan fingerprint density at radius 1 is 1.21 bits per heavy atom. The van der Waals surface area contributed by atoms with E-state index in [2.05, 4.69) is 20.8 Å². The van der Waals surface area contributed by atoms with Crippen molar-refractivity contribution < 1.29 is 24.9 Å². The first-order chi connectivity index (χ1) is 15.3. The molecule has 3 fully saturated rings. The molecular weight excluding hydrogens is 416 g/mol. The summed E-state index contributed by atoms with van der Waals surface area (Å²) in [5.74, 6) is 0.0988. The number of aliphatic hydroxyl groups excluding tert-OH is 1. The van der Waals surface area contributed by atoms with Crippen LogP contribution in [0.15, 0.2) is 11.6 Å². The van der Waals surface area contributed by atoms with E-state index in [0.717, 1.165) is 50.5 Å². The molecule has 0 radical (unpaired) electrons. The number of aliphatic hydroxyl groups is 2. The lowest BCUT2D eigenvalue weighted by molar-refractivity contribution is -0.158. The lowest BCUT2D eigenvalue weighted by atomic mass is 9.44. The van der Waals surface area contributed by atoms with Gasteiger partial charge in [-0.15, -0.1) is 0 Å². The number of hydrogen-bond acceptors (Lipinski definition) is 4. The summed E-state index contributed by atoms with van der Waals surface area (Å²) < 4.78 is 0. The maximum atomic E-state index is 13.5. The van der Waals surface area contributed by atoms with Crippen LogP contribution in [0, 0.1) is 46.3 Å². The average molecular weight is 461 g/mol. The van der Waals surface area contributed by atoms with Crippen molar-refractivity contribution in [3.05, 3.63) is 11.6 Å². The summed E-state index contributed by atoms with van der Waals surface area (Å²) in [4.78, 5) is 25.8. The van der Waals surface area contributed by atoms with E-state index in [1.165, 1.54) is 0 Å². The average Bonchev–Trinajstić information content (AvgIpc) is 3.05. The molecule has 3 saturated carbocycles. The Morgan fingerprint density at radius 3 is 2.55 bits per heavy atom. The molecule has 4 rings (SSSR count). The zero-order valence-corrected chi connectivity index (χ0v) is 21.1. The van der Waals surface area contributed by atoms with Crippen LogP contribution in [0.4, 0.5) is 0 Å². The maximum Gasteiger partial charge on any atom is 0.307 e. The molecule has 4 aliphatic rings. The zero-order chi connectivity index (χ0) is 24.3. The molecule has 0 aromatic carbocycles. The number of aliphatic carboxylic acids is 1. The Kier molecular flexibility index (Phi) is 6.40. The molecular formula is C28H44O5. The normalized spacial score (nSPS) is 43.8. The van der Waals surface area contributed by atoms with E-state index in [-0.39, 0.29) is 29.5 Å². The monoisotopic (exact) mass is 460 g/mol. The summed E-state index contributed by atoms with van der Waals surface area (Å²) in [5.41, 5.74) is -0.179. The van der Waals surface area contributed by atoms with Crippen LogP contribution in [-0.2, 0) is 9.59 Å². The van der Waals surface area contributed by atoms with Gasteiger partial charge >= 0.3 is 5.97 Å². The van der Waals surface area contributed by atoms with E-state index in [9.17, 15) is 24.9 Å². The van der Waals surface area contributed by atoms with Crippen molar-refractivity contribution in [1.29, 1.82) is 0 Å². The molecule has 5 heteroatoms. The molecule has 4 aliphatic carbocycles. The van der Waals surface area contributed by atoms with E-state index < -0.39 is 29.0 Å². The minimum Gasteiger partial charge on any atom is -0.481 e. The smallest absolute Gasteiger partial charge is 0.307 e. The Bertz CT molecular complexity index is 825. The first-order valence-electron chi connectivity index (χ1n) is 13.2. The van der Waals surface area contributed by atoms with Crippen molar-refractivity contribution in [3.8, 4) is 0 Å². The maximum absolute atomic E-state index is 13.5. The molecule has 0 aromatic heterocycles. The SMILES string of the molecule is C[C@H](CCCC(C)(C)O)[C@H]1CC[C@H]2[C@@H]3C(=O)C=C4C[C@@H](O)CC(C(=O)O)[C@]4(C)[C@H]3CC[C@]12C. The van der Waals surface area contributed by atoms with Crippen LogP contribution in [0.2, 0.25) is 0 Å². The summed E-state index contributed by atoms with van der Waals surface area (Å²) in [6, 6.07) is 0. The Labute approximate surface area is 199 Å². The molecule has 0 spiro atoms. The van der Waals surface area contributed by atoms with E-state index in [0.29, 0.717) is 24.2 Å². The van der Waals surface area contributed by atoms with Crippen LogP contribution in [-0.4, -0.2) is 38.8 Å². The van der Waals surface area contributed by atoms with Crippen LogP contribution >= 0.6 is 0 Å². The van der Waals surface area contributed by atoms with Gasteiger partial charge < -0.3 is 15.3 Å². The fraction of sp³-hybridized carbons (Fsp3) is 0.857. The van der Waals surface area contributed by atoms with Gasteiger partial charge in [0, 0.05) is 11.3 Å². The van der Waals surface area contributed by atoms with Crippen molar-refractivity contribution >= 4 is 11.8 Å². The Morgan fingerprint density at radius 2 is 1.91 bits per heavy atom. The number of ketones is 1. The van der Waals surface area contributed by atoms with Crippen molar-refractivity contribution in [3.63, 3.8) is 0 Å². The molecule has 0 saturated heterocycles. The van der Waals surface area contributed by atoms with Crippen LogP contribution in [0.3, 0.4) is 0 Å². The molecule has 33 heavy (non-hydrogen) atoms. The second kappa shape index (κ2) is 8.48. The van der Waals surface area contributed by atoms with Crippen molar-refractivity contribution in [2.45, 2.75) is 104 Å². The summed E-state index contributed by atoms with van der Waals surface area (Å²) in [5, 5.41) is 30.5. The number of allylic oxidation sites excluding steroid dienone is 1. The summed E-state index contributed by atoms with van der Waals surface area (Å²) in [6.45, 7) is 10.6. The number of carbonyl (C=O) groups excluding carboxylic acids is 1. The van der Waals surface area contributed by atoms with Gasteiger partial charge in [0.2, 0.25) is 0 Å². The zero-order valence-electron chi connectivity index (χ0n) is 21.1. The molecule has 0 bridgehead atoms. The summed E-state index contributed by atoms with van der Waals surface area (Å²) in [6.07, 6.45) is 8.81. The predicted octanol–water partition coefficient (Wildman–Crippen LogP) is 4.99. The fourth-order valence-corrected chi connectivity index (χ4v) is 8.88. The number of hydrogen-bond donors (Lipinski definition) is 3. The standard InChI is InChI=1S/C28H44O5/c1-16(7-6-11-26(2,3)33)19-8-9-20-24-21(10-12-27(19,20)4)28(5)17(14-23(24)30)13-18(29)15-22(28)25(31)32/h14,16,18-22,24,29,33H,6-13,15H2,1-5H3,(H,31,32)/t16-,18-,19-,20+,21+,22?,24+,27-,28+/m1/s1. The minimum atomic E-state index is -0.840. The quantitative estimate of drug-likeness (QED) is 0.519. The number of fused-ring (bicyclic) bond motifs is 5. The lowest BCUT2D eigenvalue weighted by Gasteiger charge is -2.59. The van der Waals surface area contributed by atoms with Gasteiger partial charge in [-0.05, 0) is 94.0 Å². The third-order valence-corrected chi connectivity index (χ3v) is 10.6. The molecule has 186 valence electrons. The highest BCUT2D eigenvalue weighted by atomic mass is 16.4. The van der Waals surface area contributed by atoms with Gasteiger partial charge in [-0.25, -0.2) is 0 Å². The first-order valence-corrected chi connectivity index (χ1v) is 13.2. The van der Waals surface area contributed by atoms with Gasteiger partial charge in [0.15, 0.2) is 5.78 Å². The van der Waals surface area contributed by atoms with E-state index in [4.69, 9.17) is 0 Å². The van der Waals surface area contributed by atoms with Crippen molar-refractivity contribution in [2.75, 3.05) is 0 Å². The van der Waals surface area contributed by atoms with Gasteiger partial charge in [0.1, 0.15) is 0 Å². The number of carboxylic acids is 1. The largest absolute Gasteiger partial charge is 0.481 e. The van der Waals surface area contributed by atoms with E-state index >= 15 is 0 Å².